The van der Waals surface area contributed by atoms with E-state index in [1.165, 1.54) is 0 Å². The van der Waals surface area contributed by atoms with E-state index < -0.39 is 17.5 Å². The third kappa shape index (κ3) is 3.66. The molecule has 100 valence electrons. The third-order valence-corrected chi connectivity index (χ3v) is 2.66. The first-order valence-corrected chi connectivity index (χ1v) is 5.67. The first-order valence-electron chi connectivity index (χ1n) is 5.67. The number of likely N-dealkylation sites (N-methyl/N-ethyl adjacent to an activating group) is 1. The first kappa shape index (κ1) is 14.4. The van der Waals surface area contributed by atoms with Gasteiger partial charge in [-0.15, -0.1) is 0 Å². The van der Waals surface area contributed by atoms with Crippen LogP contribution in [0.2, 0.25) is 0 Å². The highest BCUT2D eigenvalue weighted by Gasteiger charge is 2.13. The Bertz CT molecular complexity index is 438. The van der Waals surface area contributed by atoms with Gasteiger partial charge in [-0.1, -0.05) is 6.92 Å². The van der Waals surface area contributed by atoms with Gasteiger partial charge in [0.25, 0.3) is 5.91 Å². The number of carbonyl (C=O) groups excluding carboxylic acids is 1. The molecule has 0 spiro atoms. The minimum atomic E-state index is -1.08. The van der Waals surface area contributed by atoms with Gasteiger partial charge < -0.3 is 16.0 Å². The molecule has 1 amide bonds. The molecule has 0 aliphatic rings. The van der Waals surface area contributed by atoms with Crippen molar-refractivity contribution >= 4 is 11.6 Å². The fourth-order valence-electron chi connectivity index (χ4n) is 1.37. The zero-order chi connectivity index (χ0) is 13.7. The molecule has 0 bridgehead atoms. The summed E-state index contributed by atoms with van der Waals surface area (Å²) in [7, 11) is 1.91. The number of nitrogen functional groups attached to an aromatic ring is 1. The topological polar surface area (TPSA) is 58.4 Å². The van der Waals surface area contributed by atoms with Gasteiger partial charge >= 0.3 is 0 Å². The summed E-state index contributed by atoms with van der Waals surface area (Å²) in [5, 5.41) is 2.60. The number of carbonyl (C=O) groups is 1. The van der Waals surface area contributed by atoms with Gasteiger partial charge in [0.15, 0.2) is 11.6 Å². The molecule has 0 radical (unpaired) electrons. The molecule has 6 heteroatoms. The minimum absolute atomic E-state index is 0.0481. The van der Waals surface area contributed by atoms with Crippen molar-refractivity contribution < 1.29 is 13.6 Å². The SMILES string of the molecule is CCN(C)CCNC(=O)c1cc(F)c(F)cc1N. The minimum Gasteiger partial charge on any atom is -0.398 e. The largest absolute Gasteiger partial charge is 0.398 e. The maximum atomic E-state index is 13.0. The maximum Gasteiger partial charge on any atom is 0.253 e. The lowest BCUT2D eigenvalue weighted by Gasteiger charge is -2.14. The summed E-state index contributed by atoms with van der Waals surface area (Å²) >= 11 is 0. The molecule has 1 aromatic rings. The number of rotatable bonds is 5. The van der Waals surface area contributed by atoms with E-state index in [9.17, 15) is 13.6 Å². The normalized spacial score (nSPS) is 10.7. The van der Waals surface area contributed by atoms with Crippen molar-refractivity contribution in [3.8, 4) is 0 Å². The molecule has 0 saturated carbocycles. The standard InChI is InChI=1S/C12H17F2N3O/c1-3-17(2)5-4-16-12(18)8-6-9(13)10(14)7-11(8)15/h6-7H,3-5,15H2,1-2H3,(H,16,18). The molecule has 18 heavy (non-hydrogen) atoms. The molecule has 0 atom stereocenters. The van der Waals surface area contributed by atoms with Crippen molar-refractivity contribution in [2.45, 2.75) is 6.92 Å². The average molecular weight is 257 g/mol. The monoisotopic (exact) mass is 257 g/mol. The number of nitrogens with one attached hydrogen (secondary N) is 1. The van der Waals surface area contributed by atoms with Gasteiger partial charge in [-0.2, -0.15) is 0 Å². The Hall–Kier alpha value is -1.69. The zero-order valence-electron chi connectivity index (χ0n) is 10.5. The van der Waals surface area contributed by atoms with Crippen molar-refractivity contribution in [2.75, 3.05) is 32.4 Å². The van der Waals surface area contributed by atoms with E-state index in [0.29, 0.717) is 13.1 Å². The Morgan fingerprint density at radius 3 is 2.61 bits per heavy atom. The predicted molar refractivity (Wildman–Crippen MR) is 66.3 cm³/mol. The van der Waals surface area contributed by atoms with Crippen molar-refractivity contribution in [3.05, 3.63) is 29.3 Å². The predicted octanol–water partition coefficient (Wildman–Crippen LogP) is 1.23. The summed E-state index contributed by atoms with van der Waals surface area (Å²) in [6.07, 6.45) is 0. The van der Waals surface area contributed by atoms with E-state index in [4.69, 9.17) is 5.73 Å². The number of amides is 1. The summed E-state index contributed by atoms with van der Waals surface area (Å²) in [5.41, 5.74) is 5.35. The highest BCUT2D eigenvalue weighted by atomic mass is 19.2. The quantitative estimate of drug-likeness (QED) is 0.780. The van der Waals surface area contributed by atoms with Crippen molar-refractivity contribution in [2.24, 2.45) is 0 Å². The molecule has 0 fully saturated rings. The molecule has 4 nitrogen and oxygen atoms in total. The lowest BCUT2D eigenvalue weighted by Crippen LogP contribution is -2.33. The number of hydrogen-bond donors (Lipinski definition) is 2. The van der Waals surface area contributed by atoms with Crippen LogP contribution in [0.25, 0.3) is 0 Å². The Morgan fingerprint density at radius 1 is 1.39 bits per heavy atom. The summed E-state index contributed by atoms with van der Waals surface area (Å²) < 4.78 is 25.8. The number of nitrogens with zero attached hydrogens (tertiary/aromatic N) is 1. The van der Waals surface area contributed by atoms with Gasteiger partial charge in [0.05, 0.1) is 5.56 Å². The van der Waals surface area contributed by atoms with Crippen LogP contribution in [0.15, 0.2) is 12.1 Å². The molecule has 1 aromatic carbocycles. The van der Waals surface area contributed by atoms with E-state index in [2.05, 4.69) is 5.32 Å². The van der Waals surface area contributed by atoms with Gasteiger partial charge in [-0.05, 0) is 19.7 Å². The lowest BCUT2D eigenvalue weighted by atomic mass is 10.1. The van der Waals surface area contributed by atoms with Crippen molar-refractivity contribution in [1.82, 2.24) is 10.2 Å². The van der Waals surface area contributed by atoms with Crippen molar-refractivity contribution in [1.29, 1.82) is 0 Å². The summed E-state index contributed by atoms with van der Waals surface area (Å²) in [4.78, 5) is 13.7. The van der Waals surface area contributed by atoms with Gasteiger partial charge in [-0.3, -0.25) is 4.79 Å². The molecular weight excluding hydrogens is 240 g/mol. The molecule has 0 saturated heterocycles. The van der Waals surface area contributed by atoms with Crippen LogP contribution in [0, 0.1) is 11.6 Å². The number of halogens is 2. The summed E-state index contributed by atoms with van der Waals surface area (Å²) in [6.45, 7) is 3.95. The van der Waals surface area contributed by atoms with Gasteiger partial charge in [0.1, 0.15) is 0 Å². The van der Waals surface area contributed by atoms with Gasteiger partial charge in [0, 0.05) is 24.8 Å². The Balaban J connectivity index is 2.64. The molecule has 0 aromatic heterocycles. The number of benzene rings is 1. The molecular formula is C12H17F2N3O. The van der Waals surface area contributed by atoms with E-state index in [1.54, 1.807) is 0 Å². The number of hydrogen-bond acceptors (Lipinski definition) is 3. The second kappa shape index (κ2) is 6.30. The average Bonchev–Trinajstić information content (AvgIpc) is 2.33. The number of anilines is 1. The molecule has 1 rings (SSSR count). The maximum absolute atomic E-state index is 13.0. The zero-order valence-corrected chi connectivity index (χ0v) is 10.5. The second-order valence-corrected chi connectivity index (χ2v) is 4.01. The van der Waals surface area contributed by atoms with Crippen LogP contribution >= 0.6 is 0 Å². The molecule has 3 N–H and O–H groups in total. The Kier molecular flexibility index (Phi) is 5.03. The number of nitrogens with two attached hydrogens (primary N) is 1. The smallest absolute Gasteiger partial charge is 0.253 e. The Morgan fingerprint density at radius 2 is 2.00 bits per heavy atom. The summed E-state index contributed by atoms with van der Waals surface area (Å²) in [5.74, 6) is -2.65. The van der Waals surface area contributed by atoms with E-state index >= 15 is 0 Å². The van der Waals surface area contributed by atoms with Crippen LogP contribution in [0.5, 0.6) is 0 Å². The molecule has 0 aliphatic carbocycles. The van der Waals surface area contributed by atoms with Crippen LogP contribution in [0.4, 0.5) is 14.5 Å². The van der Waals surface area contributed by atoms with E-state index in [0.717, 1.165) is 18.7 Å². The van der Waals surface area contributed by atoms with Crippen molar-refractivity contribution in [3.63, 3.8) is 0 Å². The summed E-state index contributed by atoms with van der Waals surface area (Å²) in [6, 6.07) is 1.62. The van der Waals surface area contributed by atoms with E-state index in [-0.39, 0.29) is 11.3 Å². The molecule has 0 heterocycles. The fourth-order valence-corrected chi connectivity index (χ4v) is 1.37. The van der Waals surface area contributed by atoms with E-state index in [1.807, 2.05) is 18.9 Å². The van der Waals surface area contributed by atoms with Crippen LogP contribution in [0.1, 0.15) is 17.3 Å². The van der Waals surface area contributed by atoms with Crippen LogP contribution in [-0.2, 0) is 0 Å². The first-order chi connectivity index (χ1) is 8.45. The Labute approximate surface area is 105 Å². The van der Waals surface area contributed by atoms with Gasteiger partial charge in [-0.25, -0.2) is 8.78 Å². The molecule has 0 unspecified atom stereocenters. The van der Waals surface area contributed by atoms with Crippen LogP contribution in [-0.4, -0.2) is 37.5 Å². The lowest BCUT2D eigenvalue weighted by molar-refractivity contribution is 0.0950. The second-order valence-electron chi connectivity index (χ2n) is 4.01. The van der Waals surface area contributed by atoms with Crippen LogP contribution < -0.4 is 11.1 Å². The third-order valence-electron chi connectivity index (χ3n) is 2.66. The molecule has 0 aliphatic heterocycles. The fraction of sp³-hybridized carbons (Fsp3) is 0.417. The highest BCUT2D eigenvalue weighted by Crippen LogP contribution is 2.16. The van der Waals surface area contributed by atoms with Gasteiger partial charge in [0.2, 0.25) is 0 Å². The van der Waals surface area contributed by atoms with Crippen LogP contribution in [0.3, 0.4) is 0 Å². The highest BCUT2D eigenvalue weighted by molar-refractivity contribution is 5.99.